The molecule has 0 amide bonds. The Morgan fingerprint density at radius 1 is 1.04 bits per heavy atom. The molecule has 138 valence electrons. The van der Waals surface area contributed by atoms with Crippen molar-refractivity contribution >= 4 is 13.8 Å². The third kappa shape index (κ3) is 16.2. The number of hydrogen-bond donors (Lipinski definition) is 0. The average Bonchev–Trinajstić information content (AvgIpc) is 2.29. The zero-order chi connectivity index (χ0) is 18.1. The van der Waals surface area contributed by atoms with Gasteiger partial charge in [-0.2, -0.15) is 0 Å². The van der Waals surface area contributed by atoms with Gasteiger partial charge in [0.25, 0.3) is 7.82 Å². The highest BCUT2D eigenvalue weighted by molar-refractivity contribution is 7.45. The van der Waals surface area contributed by atoms with Crippen molar-refractivity contribution in [2.24, 2.45) is 0 Å². The van der Waals surface area contributed by atoms with Crippen molar-refractivity contribution in [3.8, 4) is 0 Å². The monoisotopic (exact) mass is 353 g/mol. The van der Waals surface area contributed by atoms with E-state index < -0.39 is 13.4 Å². The summed E-state index contributed by atoms with van der Waals surface area (Å²) in [6, 6.07) is 0. The first-order valence-electron chi connectivity index (χ1n) is 7.93. The summed E-state index contributed by atoms with van der Waals surface area (Å²) in [6.45, 7) is 6.21. The Hall–Kier alpha value is -0.460. The fraction of sp³-hybridized carbons (Fsp3) is 0.933. The minimum absolute atomic E-state index is 0.0689. The number of unbranched alkanes of at least 4 members (excludes halogenated alkanes) is 2. The summed E-state index contributed by atoms with van der Waals surface area (Å²) in [7, 11) is 1.62. The van der Waals surface area contributed by atoms with Gasteiger partial charge in [0.1, 0.15) is 18.8 Å². The number of carbonyl (C=O) groups is 1. The van der Waals surface area contributed by atoms with Gasteiger partial charge >= 0.3 is 5.97 Å². The van der Waals surface area contributed by atoms with E-state index in [1.165, 1.54) is 0 Å². The number of hydrogen-bond acceptors (Lipinski definition) is 6. The van der Waals surface area contributed by atoms with Gasteiger partial charge in [-0.25, -0.2) is 0 Å². The van der Waals surface area contributed by atoms with E-state index in [0.29, 0.717) is 36.7 Å². The van der Waals surface area contributed by atoms with Crippen LogP contribution in [0.3, 0.4) is 0 Å². The van der Waals surface area contributed by atoms with Crippen LogP contribution in [0.5, 0.6) is 0 Å². The number of nitrogens with zero attached hydrogens (tertiary/aromatic N) is 1. The summed E-state index contributed by atoms with van der Waals surface area (Å²) >= 11 is 0. The van der Waals surface area contributed by atoms with Crippen molar-refractivity contribution in [3.05, 3.63) is 0 Å². The van der Waals surface area contributed by atoms with Gasteiger partial charge in [0.05, 0.1) is 27.7 Å². The number of quaternary nitrogens is 1. The Morgan fingerprint density at radius 2 is 1.61 bits per heavy atom. The molecule has 0 saturated carbocycles. The van der Waals surface area contributed by atoms with E-state index in [1.54, 1.807) is 0 Å². The van der Waals surface area contributed by atoms with E-state index in [4.69, 9.17) is 13.8 Å². The molecule has 0 spiro atoms. The first-order chi connectivity index (χ1) is 10.3. The fourth-order valence-electron chi connectivity index (χ4n) is 1.58. The quantitative estimate of drug-likeness (QED) is 0.245. The van der Waals surface area contributed by atoms with Crippen LogP contribution in [0.15, 0.2) is 0 Å². The molecule has 0 aromatic heterocycles. The molecule has 0 aliphatic carbocycles. The SMILES string of the molecule is CC(C)(C)OC(=O)CCCCCOP(=O)([O-])OCC[N+](C)(C)C. The lowest BCUT2D eigenvalue weighted by Gasteiger charge is -2.27. The third-order valence-corrected chi connectivity index (χ3v) is 3.70. The predicted octanol–water partition coefficient (Wildman–Crippen LogP) is 2.10. The van der Waals surface area contributed by atoms with Gasteiger partial charge in [-0.3, -0.25) is 9.36 Å². The molecular weight excluding hydrogens is 321 g/mol. The second-order valence-electron chi connectivity index (χ2n) is 7.52. The molecule has 0 rings (SSSR count). The Kier molecular flexibility index (Phi) is 9.55. The number of phosphoric acid groups is 1. The Bertz CT molecular complexity index is 400. The molecule has 1 atom stereocenters. The van der Waals surface area contributed by atoms with Crippen LogP contribution in [-0.2, 0) is 23.1 Å². The van der Waals surface area contributed by atoms with E-state index >= 15 is 0 Å². The van der Waals surface area contributed by atoms with E-state index in [-0.39, 0.29) is 19.2 Å². The minimum atomic E-state index is -4.23. The van der Waals surface area contributed by atoms with Gasteiger partial charge in [0, 0.05) is 6.42 Å². The number of phosphoric ester groups is 1. The van der Waals surface area contributed by atoms with Crippen LogP contribution in [0.2, 0.25) is 0 Å². The Labute approximate surface area is 140 Å². The predicted molar refractivity (Wildman–Crippen MR) is 86.7 cm³/mol. The second kappa shape index (κ2) is 9.74. The maximum atomic E-state index is 11.5. The van der Waals surface area contributed by atoms with Crippen molar-refractivity contribution in [2.75, 3.05) is 40.9 Å². The highest BCUT2D eigenvalue weighted by atomic mass is 31.2. The van der Waals surface area contributed by atoms with Gasteiger partial charge in [-0.15, -0.1) is 0 Å². The van der Waals surface area contributed by atoms with Crippen LogP contribution in [0.4, 0.5) is 0 Å². The zero-order valence-corrected chi connectivity index (χ0v) is 16.2. The summed E-state index contributed by atoms with van der Waals surface area (Å²) in [6.07, 6.45) is 2.21. The highest BCUT2D eigenvalue weighted by Crippen LogP contribution is 2.38. The normalized spacial score (nSPS) is 15.3. The number of rotatable bonds is 11. The number of ether oxygens (including phenoxy) is 1. The van der Waals surface area contributed by atoms with Gasteiger partial charge in [-0.05, 0) is 33.6 Å². The number of carbonyl (C=O) groups excluding carboxylic acids is 1. The van der Waals surface area contributed by atoms with Crippen LogP contribution in [0, 0.1) is 0 Å². The van der Waals surface area contributed by atoms with E-state index in [9.17, 15) is 14.3 Å². The van der Waals surface area contributed by atoms with Crippen molar-refractivity contribution in [2.45, 2.75) is 52.1 Å². The first-order valence-corrected chi connectivity index (χ1v) is 9.39. The van der Waals surface area contributed by atoms with Crippen LogP contribution < -0.4 is 4.89 Å². The van der Waals surface area contributed by atoms with Crippen LogP contribution >= 0.6 is 7.82 Å². The van der Waals surface area contributed by atoms with Gasteiger partial charge < -0.3 is 23.2 Å². The molecule has 0 aromatic rings. The fourth-order valence-corrected chi connectivity index (χ4v) is 2.31. The van der Waals surface area contributed by atoms with Crippen molar-refractivity contribution in [1.82, 2.24) is 0 Å². The molecule has 0 aliphatic rings. The number of likely N-dealkylation sites (N-methyl/N-ethyl adjacent to an activating group) is 1. The van der Waals surface area contributed by atoms with Crippen LogP contribution in [0.1, 0.15) is 46.5 Å². The lowest BCUT2D eigenvalue weighted by atomic mass is 10.1. The molecule has 8 heteroatoms. The summed E-state index contributed by atoms with van der Waals surface area (Å²) in [5.74, 6) is -0.239. The molecule has 0 fully saturated rings. The van der Waals surface area contributed by atoms with Crippen LogP contribution in [-0.4, -0.2) is 57.0 Å². The van der Waals surface area contributed by atoms with E-state index in [0.717, 1.165) is 0 Å². The Morgan fingerprint density at radius 3 is 2.13 bits per heavy atom. The molecule has 23 heavy (non-hydrogen) atoms. The molecule has 0 heterocycles. The molecule has 0 aromatic carbocycles. The summed E-state index contributed by atoms with van der Waals surface area (Å²) in [5, 5.41) is 0. The molecule has 0 bridgehead atoms. The topological polar surface area (TPSA) is 84.9 Å². The maximum absolute atomic E-state index is 11.5. The smallest absolute Gasteiger partial charge is 0.306 e. The van der Waals surface area contributed by atoms with Crippen molar-refractivity contribution in [3.63, 3.8) is 0 Å². The number of esters is 1. The van der Waals surface area contributed by atoms with Crippen molar-refractivity contribution < 1.29 is 32.5 Å². The summed E-state index contributed by atoms with van der Waals surface area (Å²) < 4.78 is 26.9. The molecule has 0 radical (unpaired) electrons. The highest BCUT2D eigenvalue weighted by Gasteiger charge is 2.16. The Balaban J connectivity index is 3.70. The third-order valence-electron chi connectivity index (χ3n) is 2.71. The molecule has 0 N–H and O–H groups in total. The molecular formula is C15H32NO6P. The van der Waals surface area contributed by atoms with Gasteiger partial charge in [-0.1, -0.05) is 6.42 Å². The largest absolute Gasteiger partial charge is 0.756 e. The maximum Gasteiger partial charge on any atom is 0.306 e. The first kappa shape index (κ1) is 22.5. The molecule has 7 nitrogen and oxygen atoms in total. The average molecular weight is 353 g/mol. The molecule has 0 saturated heterocycles. The lowest BCUT2D eigenvalue weighted by molar-refractivity contribution is -0.870. The zero-order valence-electron chi connectivity index (χ0n) is 15.3. The lowest BCUT2D eigenvalue weighted by Crippen LogP contribution is -2.37. The second-order valence-corrected chi connectivity index (χ2v) is 8.94. The van der Waals surface area contributed by atoms with Crippen LogP contribution in [0.25, 0.3) is 0 Å². The summed E-state index contributed by atoms with van der Waals surface area (Å²) in [4.78, 5) is 23.0. The minimum Gasteiger partial charge on any atom is -0.756 e. The van der Waals surface area contributed by atoms with Gasteiger partial charge in [0.2, 0.25) is 0 Å². The van der Waals surface area contributed by atoms with E-state index in [1.807, 2.05) is 41.9 Å². The summed E-state index contributed by atoms with van der Waals surface area (Å²) in [5.41, 5.74) is -0.474. The standard InChI is InChI=1S/C15H32NO6P/c1-15(2,3)22-14(17)10-8-7-9-12-20-23(18,19)21-13-11-16(4,5)6/h7-13H2,1-6H3. The van der Waals surface area contributed by atoms with Gasteiger partial charge in [0.15, 0.2) is 0 Å². The molecule has 0 aliphatic heterocycles. The molecule has 1 unspecified atom stereocenters. The van der Waals surface area contributed by atoms with Crippen molar-refractivity contribution in [1.29, 1.82) is 0 Å². The van der Waals surface area contributed by atoms with E-state index in [2.05, 4.69) is 0 Å².